The Morgan fingerprint density at radius 3 is 2.41 bits per heavy atom. The zero-order valence-electron chi connectivity index (χ0n) is 21.0. The van der Waals surface area contributed by atoms with Crippen molar-refractivity contribution < 1.29 is 19.0 Å². The average Bonchev–Trinajstić information content (AvgIpc) is 2.86. The van der Waals surface area contributed by atoms with Crippen molar-refractivity contribution in [3.8, 4) is 5.75 Å². The number of piperidine rings is 1. The molecule has 0 bridgehead atoms. The van der Waals surface area contributed by atoms with E-state index in [0.717, 1.165) is 70.7 Å². The van der Waals surface area contributed by atoms with Crippen LogP contribution in [-0.4, -0.2) is 49.9 Å². The van der Waals surface area contributed by atoms with Gasteiger partial charge in [-0.15, -0.1) is 0 Å². The first kappa shape index (κ1) is 25.0. The summed E-state index contributed by atoms with van der Waals surface area (Å²) >= 11 is 0. The molecule has 0 amide bonds. The number of carbonyl (C=O) groups is 1. The number of hydrogen-bond acceptors (Lipinski definition) is 5. The van der Waals surface area contributed by atoms with Crippen LogP contribution in [0.4, 0.5) is 0 Å². The van der Waals surface area contributed by atoms with Gasteiger partial charge in [0.1, 0.15) is 5.75 Å². The van der Waals surface area contributed by atoms with Crippen molar-refractivity contribution in [3.63, 3.8) is 0 Å². The van der Waals surface area contributed by atoms with E-state index in [1.807, 2.05) is 6.92 Å². The minimum absolute atomic E-state index is 0.0279. The molecule has 4 rings (SSSR count). The number of rotatable bonds is 10. The van der Waals surface area contributed by atoms with E-state index < -0.39 is 0 Å². The summed E-state index contributed by atoms with van der Waals surface area (Å²) in [7, 11) is 0. The quantitative estimate of drug-likeness (QED) is 0.318. The SMILES string of the molecule is CCCOC[C@H]1CC[C@H](Oc2ccc3cc(CN4CCC(C(=O)OCC)CC4)ccc3c2)CC1. The van der Waals surface area contributed by atoms with Crippen LogP contribution >= 0.6 is 0 Å². The van der Waals surface area contributed by atoms with E-state index in [0.29, 0.717) is 18.6 Å². The minimum Gasteiger partial charge on any atom is -0.490 e. The molecule has 2 fully saturated rings. The molecule has 34 heavy (non-hydrogen) atoms. The third-order valence-corrected chi connectivity index (χ3v) is 7.29. The lowest BCUT2D eigenvalue weighted by atomic mass is 9.88. The van der Waals surface area contributed by atoms with Gasteiger partial charge in [0.15, 0.2) is 0 Å². The number of nitrogens with zero attached hydrogens (tertiary/aromatic N) is 1. The average molecular weight is 468 g/mol. The standard InChI is InChI=1S/C29H41NO4/c1-3-17-32-21-22-6-10-27(11-7-22)34-28-12-9-25-18-23(5-8-26(25)19-28)20-30-15-13-24(14-16-30)29(31)33-4-2/h5,8-9,12,18-19,22,24,27H,3-4,6-7,10-11,13-17,20-21H2,1-2H3/t22-,27-. The van der Waals surface area contributed by atoms with Crippen LogP contribution in [0.25, 0.3) is 10.8 Å². The maximum Gasteiger partial charge on any atom is 0.309 e. The Labute approximate surface area is 204 Å². The molecule has 1 aliphatic heterocycles. The Hall–Kier alpha value is -2.11. The smallest absolute Gasteiger partial charge is 0.309 e. The third kappa shape index (κ3) is 6.96. The zero-order chi connectivity index (χ0) is 23.8. The lowest BCUT2D eigenvalue weighted by Gasteiger charge is -2.30. The fourth-order valence-electron chi connectivity index (χ4n) is 5.29. The van der Waals surface area contributed by atoms with E-state index in [1.54, 1.807) is 0 Å². The largest absolute Gasteiger partial charge is 0.490 e. The van der Waals surface area contributed by atoms with Crippen molar-refractivity contribution in [1.82, 2.24) is 4.90 Å². The molecule has 0 spiro atoms. The molecule has 5 heteroatoms. The maximum atomic E-state index is 12.0. The second kappa shape index (κ2) is 12.6. The second-order valence-electron chi connectivity index (χ2n) is 9.98. The Morgan fingerprint density at radius 2 is 1.68 bits per heavy atom. The highest BCUT2D eigenvalue weighted by molar-refractivity contribution is 5.84. The second-order valence-corrected chi connectivity index (χ2v) is 9.98. The van der Waals surface area contributed by atoms with Gasteiger partial charge in [0.05, 0.1) is 18.6 Å². The van der Waals surface area contributed by atoms with E-state index in [9.17, 15) is 4.79 Å². The number of ether oxygens (including phenoxy) is 3. The van der Waals surface area contributed by atoms with Gasteiger partial charge in [-0.05, 0) is 105 Å². The minimum atomic E-state index is -0.0279. The van der Waals surface area contributed by atoms with Crippen LogP contribution in [0, 0.1) is 11.8 Å². The molecule has 0 aromatic heterocycles. The van der Waals surface area contributed by atoms with Crippen molar-refractivity contribution in [2.75, 3.05) is 32.9 Å². The van der Waals surface area contributed by atoms with Gasteiger partial charge in [-0.3, -0.25) is 9.69 Å². The fourth-order valence-corrected chi connectivity index (χ4v) is 5.29. The van der Waals surface area contributed by atoms with Crippen LogP contribution in [0.3, 0.4) is 0 Å². The molecule has 0 unspecified atom stereocenters. The lowest BCUT2D eigenvalue weighted by Crippen LogP contribution is -2.36. The monoisotopic (exact) mass is 467 g/mol. The third-order valence-electron chi connectivity index (χ3n) is 7.29. The molecule has 1 saturated carbocycles. The van der Waals surface area contributed by atoms with E-state index in [1.165, 1.54) is 29.2 Å². The van der Waals surface area contributed by atoms with Gasteiger partial charge in [-0.1, -0.05) is 25.1 Å². The van der Waals surface area contributed by atoms with Gasteiger partial charge in [-0.2, -0.15) is 0 Å². The van der Waals surface area contributed by atoms with Gasteiger partial charge >= 0.3 is 5.97 Å². The number of carbonyl (C=O) groups excluding carboxylic acids is 1. The highest BCUT2D eigenvalue weighted by atomic mass is 16.5. The number of esters is 1. The summed E-state index contributed by atoms with van der Waals surface area (Å²) in [6, 6.07) is 13.2. The van der Waals surface area contributed by atoms with Crippen molar-refractivity contribution in [2.24, 2.45) is 11.8 Å². The molecule has 1 saturated heterocycles. The van der Waals surface area contributed by atoms with Crippen molar-refractivity contribution in [3.05, 3.63) is 42.0 Å². The molecular weight excluding hydrogens is 426 g/mol. The first-order valence-corrected chi connectivity index (χ1v) is 13.3. The van der Waals surface area contributed by atoms with Crippen LogP contribution in [0.1, 0.15) is 64.4 Å². The van der Waals surface area contributed by atoms with Crippen LogP contribution in [0.2, 0.25) is 0 Å². The highest BCUT2D eigenvalue weighted by Crippen LogP contribution is 2.30. The van der Waals surface area contributed by atoms with Gasteiger partial charge in [0.25, 0.3) is 0 Å². The van der Waals surface area contributed by atoms with Gasteiger partial charge in [0.2, 0.25) is 0 Å². The van der Waals surface area contributed by atoms with Crippen molar-refractivity contribution in [2.45, 2.75) is 71.4 Å². The Balaban J connectivity index is 1.26. The summed E-state index contributed by atoms with van der Waals surface area (Å²) in [6.45, 7) is 9.10. The number of likely N-dealkylation sites (tertiary alicyclic amines) is 1. The van der Waals surface area contributed by atoms with E-state index >= 15 is 0 Å². The molecule has 2 aliphatic rings. The van der Waals surface area contributed by atoms with Crippen molar-refractivity contribution >= 4 is 16.7 Å². The predicted molar refractivity (Wildman–Crippen MR) is 136 cm³/mol. The number of hydrogen-bond donors (Lipinski definition) is 0. The Morgan fingerprint density at radius 1 is 0.941 bits per heavy atom. The molecule has 1 heterocycles. The van der Waals surface area contributed by atoms with Gasteiger partial charge in [-0.25, -0.2) is 0 Å². The van der Waals surface area contributed by atoms with Gasteiger partial charge in [0, 0.05) is 19.8 Å². The number of fused-ring (bicyclic) bond motifs is 1. The van der Waals surface area contributed by atoms with E-state index in [2.05, 4.69) is 48.2 Å². The van der Waals surface area contributed by atoms with E-state index in [4.69, 9.17) is 14.2 Å². The summed E-state index contributed by atoms with van der Waals surface area (Å²) in [5.41, 5.74) is 1.32. The summed E-state index contributed by atoms with van der Waals surface area (Å²) in [6.07, 6.45) is 7.81. The van der Waals surface area contributed by atoms with Crippen LogP contribution in [0.15, 0.2) is 36.4 Å². The molecule has 186 valence electrons. The first-order valence-electron chi connectivity index (χ1n) is 13.3. The fraction of sp³-hybridized carbons (Fsp3) is 0.621. The van der Waals surface area contributed by atoms with E-state index in [-0.39, 0.29) is 11.9 Å². The summed E-state index contributed by atoms with van der Waals surface area (Å²) in [4.78, 5) is 14.4. The number of benzene rings is 2. The topological polar surface area (TPSA) is 48.0 Å². The Kier molecular flexibility index (Phi) is 9.23. The molecule has 5 nitrogen and oxygen atoms in total. The Bertz CT molecular complexity index is 913. The lowest BCUT2D eigenvalue weighted by molar-refractivity contribution is -0.149. The molecule has 0 radical (unpaired) electrons. The summed E-state index contributed by atoms with van der Waals surface area (Å²) in [5, 5.41) is 2.48. The summed E-state index contributed by atoms with van der Waals surface area (Å²) < 4.78 is 17.3. The maximum absolute atomic E-state index is 12.0. The first-order chi connectivity index (χ1) is 16.6. The van der Waals surface area contributed by atoms with Crippen molar-refractivity contribution in [1.29, 1.82) is 0 Å². The molecule has 0 N–H and O–H groups in total. The predicted octanol–water partition coefficient (Wildman–Crippen LogP) is 5.98. The van der Waals surface area contributed by atoms with Gasteiger partial charge < -0.3 is 14.2 Å². The molecule has 0 atom stereocenters. The molecule has 1 aliphatic carbocycles. The van der Waals surface area contributed by atoms with Crippen LogP contribution < -0.4 is 4.74 Å². The normalized spacial score (nSPS) is 22.1. The highest BCUT2D eigenvalue weighted by Gasteiger charge is 2.26. The zero-order valence-corrected chi connectivity index (χ0v) is 21.0. The molecule has 2 aromatic carbocycles. The van der Waals surface area contributed by atoms with Crippen LogP contribution in [0.5, 0.6) is 5.75 Å². The molecule has 2 aromatic rings. The molecular formula is C29H41NO4. The van der Waals surface area contributed by atoms with Crippen LogP contribution in [-0.2, 0) is 20.8 Å². The summed E-state index contributed by atoms with van der Waals surface area (Å²) in [5.74, 6) is 1.71.